The van der Waals surface area contributed by atoms with Gasteiger partial charge >= 0.3 is 0 Å². The molecule has 1 saturated heterocycles. The molecule has 1 unspecified atom stereocenters. The lowest BCUT2D eigenvalue weighted by molar-refractivity contribution is -0.140. The van der Waals surface area contributed by atoms with Crippen LogP contribution in [0.1, 0.15) is 29.7 Å². The lowest BCUT2D eigenvalue weighted by atomic mass is 9.94. The quantitative estimate of drug-likeness (QED) is 0.422. The Balaban J connectivity index is 2.11. The summed E-state index contributed by atoms with van der Waals surface area (Å²) in [6.45, 7) is 3.07. The standard InChI is InChI=1S/C25H31N3O3/c1-6-17-7-9-19(10-8-17)23(29)21-22(18-11-13-20(14-12-18)27(4)5)28(16-15-26(2)3)25(31)24(21)30/h7-14,22,29H,6,15-16H2,1-5H3/b23-21-. The van der Waals surface area contributed by atoms with Crippen molar-refractivity contribution in [1.29, 1.82) is 0 Å². The summed E-state index contributed by atoms with van der Waals surface area (Å²) in [7, 11) is 7.76. The van der Waals surface area contributed by atoms with E-state index in [4.69, 9.17) is 0 Å². The maximum absolute atomic E-state index is 13.0. The van der Waals surface area contributed by atoms with Gasteiger partial charge in [0.15, 0.2) is 0 Å². The number of carbonyl (C=O) groups is 2. The molecule has 1 aliphatic heterocycles. The normalized spacial score (nSPS) is 18.1. The van der Waals surface area contributed by atoms with Crippen molar-refractivity contribution in [2.45, 2.75) is 19.4 Å². The average molecular weight is 422 g/mol. The fourth-order valence-electron chi connectivity index (χ4n) is 3.77. The molecule has 1 heterocycles. The molecule has 0 aromatic heterocycles. The molecule has 2 aromatic rings. The maximum Gasteiger partial charge on any atom is 0.295 e. The van der Waals surface area contributed by atoms with Crippen LogP contribution in [0.15, 0.2) is 54.1 Å². The van der Waals surface area contributed by atoms with Gasteiger partial charge in [-0.25, -0.2) is 0 Å². The van der Waals surface area contributed by atoms with Crippen molar-refractivity contribution in [3.8, 4) is 0 Å². The van der Waals surface area contributed by atoms with E-state index in [1.807, 2.05) is 74.4 Å². The van der Waals surface area contributed by atoms with Crippen molar-refractivity contribution in [3.05, 3.63) is 70.8 Å². The number of hydrogen-bond donors (Lipinski definition) is 1. The summed E-state index contributed by atoms with van der Waals surface area (Å²) in [5.74, 6) is -1.34. The molecule has 1 N–H and O–H groups in total. The van der Waals surface area contributed by atoms with Crippen molar-refractivity contribution >= 4 is 23.1 Å². The number of rotatable bonds is 7. The van der Waals surface area contributed by atoms with Crippen LogP contribution >= 0.6 is 0 Å². The lowest BCUT2D eigenvalue weighted by Crippen LogP contribution is -2.35. The van der Waals surface area contributed by atoms with Gasteiger partial charge in [0.2, 0.25) is 0 Å². The van der Waals surface area contributed by atoms with Crippen LogP contribution in [0.25, 0.3) is 5.76 Å². The van der Waals surface area contributed by atoms with Gasteiger partial charge < -0.3 is 19.8 Å². The van der Waals surface area contributed by atoms with E-state index in [0.29, 0.717) is 18.7 Å². The minimum Gasteiger partial charge on any atom is -0.507 e. The molecule has 0 bridgehead atoms. The summed E-state index contributed by atoms with van der Waals surface area (Å²) < 4.78 is 0. The van der Waals surface area contributed by atoms with E-state index in [-0.39, 0.29) is 11.3 Å². The molecule has 164 valence electrons. The number of likely N-dealkylation sites (N-methyl/N-ethyl adjacent to an activating group) is 1. The molecular weight excluding hydrogens is 390 g/mol. The zero-order chi connectivity index (χ0) is 22.7. The minimum atomic E-state index is -0.641. The number of Topliss-reactive ketones (excluding diaryl/α,β-unsaturated/α-hetero) is 1. The summed E-state index contributed by atoms with van der Waals surface area (Å²) >= 11 is 0. The van der Waals surface area contributed by atoms with Gasteiger partial charge in [-0.05, 0) is 43.8 Å². The number of aryl methyl sites for hydroxylation is 1. The Labute approximate surface area is 184 Å². The van der Waals surface area contributed by atoms with Crippen LogP contribution < -0.4 is 4.90 Å². The third kappa shape index (κ3) is 4.64. The number of aliphatic hydroxyl groups excluding tert-OH is 1. The Bertz CT molecular complexity index is 976. The number of nitrogens with zero attached hydrogens (tertiary/aromatic N) is 3. The van der Waals surface area contributed by atoms with Crippen LogP contribution in [0, 0.1) is 0 Å². The molecule has 0 radical (unpaired) electrons. The summed E-state index contributed by atoms with van der Waals surface area (Å²) in [5.41, 5.74) is 3.64. The second-order valence-corrected chi connectivity index (χ2v) is 8.33. The molecule has 1 fully saturated rings. The predicted molar refractivity (Wildman–Crippen MR) is 124 cm³/mol. The number of aliphatic hydroxyl groups is 1. The zero-order valence-electron chi connectivity index (χ0n) is 18.9. The third-order valence-corrected chi connectivity index (χ3v) is 5.69. The SMILES string of the molecule is CCc1ccc(/C(O)=C2/C(=O)C(=O)N(CCN(C)C)C2c2ccc(N(C)C)cc2)cc1. The van der Waals surface area contributed by atoms with Gasteiger partial charge in [0.25, 0.3) is 11.7 Å². The van der Waals surface area contributed by atoms with Gasteiger partial charge in [0.05, 0.1) is 11.6 Å². The lowest BCUT2D eigenvalue weighted by Gasteiger charge is -2.27. The summed E-state index contributed by atoms with van der Waals surface area (Å²) in [5, 5.41) is 11.1. The summed E-state index contributed by atoms with van der Waals surface area (Å²) in [6, 6.07) is 14.6. The second-order valence-electron chi connectivity index (χ2n) is 8.33. The fourth-order valence-corrected chi connectivity index (χ4v) is 3.77. The van der Waals surface area contributed by atoms with Crippen LogP contribution in [-0.4, -0.2) is 67.9 Å². The number of benzene rings is 2. The molecule has 6 heteroatoms. The van der Waals surface area contributed by atoms with Gasteiger partial charge in [-0.1, -0.05) is 43.3 Å². The van der Waals surface area contributed by atoms with Crippen molar-refractivity contribution < 1.29 is 14.7 Å². The molecule has 2 aromatic carbocycles. The molecule has 0 spiro atoms. The van der Waals surface area contributed by atoms with Crippen LogP contribution in [0.3, 0.4) is 0 Å². The van der Waals surface area contributed by atoms with E-state index in [9.17, 15) is 14.7 Å². The van der Waals surface area contributed by atoms with Gasteiger partial charge in [-0.3, -0.25) is 9.59 Å². The Hall–Kier alpha value is -3.12. The first-order valence-electron chi connectivity index (χ1n) is 10.5. The van der Waals surface area contributed by atoms with Crippen molar-refractivity contribution in [2.24, 2.45) is 0 Å². The third-order valence-electron chi connectivity index (χ3n) is 5.69. The molecule has 6 nitrogen and oxygen atoms in total. The summed E-state index contributed by atoms with van der Waals surface area (Å²) in [4.78, 5) is 31.5. The largest absolute Gasteiger partial charge is 0.507 e. The highest BCUT2D eigenvalue weighted by Crippen LogP contribution is 2.39. The highest BCUT2D eigenvalue weighted by Gasteiger charge is 2.45. The van der Waals surface area contributed by atoms with Crippen molar-refractivity contribution in [1.82, 2.24) is 9.80 Å². The van der Waals surface area contributed by atoms with Crippen LogP contribution in [0.5, 0.6) is 0 Å². The first-order chi connectivity index (χ1) is 14.7. The monoisotopic (exact) mass is 421 g/mol. The minimum absolute atomic E-state index is 0.130. The molecule has 3 rings (SSSR count). The average Bonchev–Trinajstić information content (AvgIpc) is 3.02. The second kappa shape index (κ2) is 9.35. The highest BCUT2D eigenvalue weighted by molar-refractivity contribution is 6.46. The fraction of sp³-hybridized carbons (Fsp3) is 0.360. The Kier molecular flexibility index (Phi) is 6.81. The zero-order valence-corrected chi connectivity index (χ0v) is 18.9. The van der Waals surface area contributed by atoms with Crippen molar-refractivity contribution in [2.75, 3.05) is 46.2 Å². The van der Waals surface area contributed by atoms with E-state index < -0.39 is 17.7 Å². The topological polar surface area (TPSA) is 64.1 Å². The summed E-state index contributed by atoms with van der Waals surface area (Å²) in [6.07, 6.45) is 0.883. The van der Waals surface area contributed by atoms with E-state index in [0.717, 1.165) is 23.2 Å². The number of carbonyl (C=O) groups excluding carboxylic acids is 2. The number of amides is 1. The van der Waals surface area contributed by atoms with E-state index in [1.165, 1.54) is 0 Å². The number of anilines is 1. The smallest absolute Gasteiger partial charge is 0.295 e. The number of likely N-dealkylation sites (tertiary alicyclic amines) is 1. The highest BCUT2D eigenvalue weighted by atomic mass is 16.3. The van der Waals surface area contributed by atoms with Crippen LogP contribution in [-0.2, 0) is 16.0 Å². The first-order valence-corrected chi connectivity index (χ1v) is 10.5. The maximum atomic E-state index is 13.0. The molecule has 1 amide bonds. The Morgan fingerprint density at radius 1 is 0.968 bits per heavy atom. The molecule has 0 aliphatic carbocycles. The van der Waals surface area contributed by atoms with Crippen LogP contribution in [0.2, 0.25) is 0 Å². The van der Waals surface area contributed by atoms with Gasteiger partial charge in [0.1, 0.15) is 5.76 Å². The van der Waals surface area contributed by atoms with Gasteiger partial charge in [-0.2, -0.15) is 0 Å². The molecular formula is C25H31N3O3. The van der Waals surface area contributed by atoms with Crippen molar-refractivity contribution in [3.63, 3.8) is 0 Å². The molecule has 0 saturated carbocycles. The van der Waals surface area contributed by atoms with Gasteiger partial charge in [-0.15, -0.1) is 0 Å². The first kappa shape index (κ1) is 22.6. The van der Waals surface area contributed by atoms with E-state index in [1.54, 1.807) is 17.0 Å². The van der Waals surface area contributed by atoms with E-state index >= 15 is 0 Å². The Morgan fingerprint density at radius 3 is 2.10 bits per heavy atom. The van der Waals surface area contributed by atoms with E-state index in [2.05, 4.69) is 6.92 Å². The molecule has 1 aliphatic rings. The van der Waals surface area contributed by atoms with Gasteiger partial charge in [0, 0.05) is 38.4 Å². The number of hydrogen-bond acceptors (Lipinski definition) is 5. The molecule has 31 heavy (non-hydrogen) atoms. The number of ketones is 1. The predicted octanol–water partition coefficient (Wildman–Crippen LogP) is 3.30. The molecule has 1 atom stereocenters. The van der Waals surface area contributed by atoms with Crippen LogP contribution in [0.4, 0.5) is 5.69 Å². The Morgan fingerprint density at radius 2 is 1.58 bits per heavy atom.